The van der Waals surface area contributed by atoms with E-state index in [1.54, 1.807) is 0 Å². The average molecular weight is 324 g/mol. The third kappa shape index (κ3) is 4.05. The molecule has 3 rings (SSSR count). The minimum Gasteiger partial charge on any atom is -0.341 e. The first-order chi connectivity index (χ1) is 11.4. The van der Waals surface area contributed by atoms with Crippen molar-refractivity contribution in [3.8, 4) is 0 Å². The molecule has 24 heavy (non-hydrogen) atoms. The van der Waals surface area contributed by atoms with Crippen molar-refractivity contribution in [2.45, 2.75) is 52.4 Å². The third-order valence-corrected chi connectivity index (χ3v) is 4.50. The topological polar surface area (TPSA) is 41.1 Å². The maximum absolute atomic E-state index is 4.73. The van der Waals surface area contributed by atoms with Gasteiger partial charge in [-0.2, -0.15) is 4.98 Å². The van der Waals surface area contributed by atoms with Crippen molar-refractivity contribution in [1.82, 2.24) is 9.97 Å². The maximum Gasteiger partial charge on any atom is 0.227 e. The molecule has 1 fully saturated rings. The number of benzene rings is 1. The fourth-order valence-electron chi connectivity index (χ4n) is 3.05. The van der Waals surface area contributed by atoms with Gasteiger partial charge in [-0.3, -0.25) is 0 Å². The van der Waals surface area contributed by atoms with Crippen molar-refractivity contribution in [3.63, 3.8) is 0 Å². The van der Waals surface area contributed by atoms with Gasteiger partial charge in [0.1, 0.15) is 5.82 Å². The number of rotatable bonds is 3. The summed E-state index contributed by atoms with van der Waals surface area (Å²) in [6, 6.07) is 10.6. The number of hydrogen-bond donors (Lipinski definition) is 1. The molecule has 0 unspecified atom stereocenters. The van der Waals surface area contributed by atoms with Crippen molar-refractivity contribution in [1.29, 1.82) is 0 Å². The summed E-state index contributed by atoms with van der Waals surface area (Å²) in [6.45, 7) is 10.8. The molecule has 1 saturated heterocycles. The van der Waals surface area contributed by atoms with E-state index in [0.717, 1.165) is 36.2 Å². The molecule has 128 valence electrons. The first-order valence-electron chi connectivity index (χ1n) is 8.90. The van der Waals surface area contributed by atoms with E-state index in [1.165, 1.54) is 24.8 Å². The normalized spacial score (nSPS) is 15.4. The monoisotopic (exact) mass is 324 g/mol. The number of aromatic nitrogens is 2. The zero-order valence-corrected chi connectivity index (χ0v) is 15.3. The molecule has 1 aliphatic rings. The zero-order valence-electron chi connectivity index (χ0n) is 15.3. The highest BCUT2D eigenvalue weighted by molar-refractivity contribution is 5.58. The zero-order chi connectivity index (χ0) is 17.2. The lowest BCUT2D eigenvalue weighted by Crippen LogP contribution is -2.31. The van der Waals surface area contributed by atoms with Crippen LogP contribution >= 0.6 is 0 Å². The lowest BCUT2D eigenvalue weighted by Gasteiger charge is -2.27. The first kappa shape index (κ1) is 16.7. The van der Waals surface area contributed by atoms with Gasteiger partial charge in [0, 0.05) is 30.5 Å². The van der Waals surface area contributed by atoms with Crippen LogP contribution in [0.4, 0.5) is 17.5 Å². The fraction of sp³-hybridized carbons (Fsp3) is 0.500. The van der Waals surface area contributed by atoms with Crippen LogP contribution in [0.15, 0.2) is 30.3 Å². The molecule has 0 radical (unpaired) electrons. The second-order valence-corrected chi connectivity index (χ2v) is 7.69. The molecule has 0 spiro atoms. The van der Waals surface area contributed by atoms with Crippen LogP contribution < -0.4 is 10.2 Å². The van der Waals surface area contributed by atoms with Gasteiger partial charge in [0.25, 0.3) is 0 Å². The van der Waals surface area contributed by atoms with Gasteiger partial charge in [-0.25, -0.2) is 4.98 Å². The molecular weight excluding hydrogens is 296 g/mol. The van der Waals surface area contributed by atoms with Crippen molar-refractivity contribution in [2.24, 2.45) is 0 Å². The van der Waals surface area contributed by atoms with Gasteiger partial charge in [-0.1, -0.05) is 32.9 Å². The predicted octanol–water partition coefficient (Wildman–Crippen LogP) is 4.82. The number of nitrogens with zero attached hydrogens (tertiary/aromatic N) is 3. The van der Waals surface area contributed by atoms with Gasteiger partial charge in [-0.15, -0.1) is 0 Å². The van der Waals surface area contributed by atoms with Crippen molar-refractivity contribution < 1.29 is 0 Å². The lowest BCUT2D eigenvalue weighted by atomic mass is 9.87. The van der Waals surface area contributed by atoms with E-state index in [-0.39, 0.29) is 5.41 Å². The molecular formula is C20H28N4. The van der Waals surface area contributed by atoms with E-state index in [1.807, 2.05) is 13.0 Å². The lowest BCUT2D eigenvalue weighted by molar-refractivity contribution is 0.568. The minimum atomic E-state index is 0.172. The largest absolute Gasteiger partial charge is 0.341 e. The molecule has 1 aromatic carbocycles. The first-order valence-corrected chi connectivity index (χ1v) is 8.90. The molecule has 2 heterocycles. The molecule has 2 aromatic rings. The van der Waals surface area contributed by atoms with E-state index in [0.29, 0.717) is 0 Å². The summed E-state index contributed by atoms with van der Waals surface area (Å²) in [5.74, 6) is 1.72. The number of aryl methyl sites for hydroxylation is 1. The minimum absolute atomic E-state index is 0.172. The highest BCUT2D eigenvalue weighted by Gasteiger charge is 2.15. The van der Waals surface area contributed by atoms with Gasteiger partial charge in [0.05, 0.1) is 0 Å². The van der Waals surface area contributed by atoms with E-state index in [2.05, 4.69) is 60.2 Å². The Morgan fingerprint density at radius 1 is 0.958 bits per heavy atom. The van der Waals surface area contributed by atoms with E-state index in [4.69, 9.17) is 4.98 Å². The number of anilines is 3. The Morgan fingerprint density at radius 2 is 1.62 bits per heavy atom. The summed E-state index contributed by atoms with van der Waals surface area (Å²) < 4.78 is 0. The average Bonchev–Trinajstić information content (AvgIpc) is 2.55. The van der Waals surface area contributed by atoms with Crippen molar-refractivity contribution in [3.05, 3.63) is 41.6 Å². The van der Waals surface area contributed by atoms with Gasteiger partial charge in [0.15, 0.2) is 0 Å². The van der Waals surface area contributed by atoms with Gasteiger partial charge in [0.2, 0.25) is 5.95 Å². The third-order valence-electron chi connectivity index (χ3n) is 4.50. The van der Waals surface area contributed by atoms with Crippen LogP contribution in [0.1, 0.15) is 51.3 Å². The van der Waals surface area contributed by atoms with Crippen LogP contribution in [0, 0.1) is 6.92 Å². The van der Waals surface area contributed by atoms with Gasteiger partial charge in [-0.05, 0) is 49.3 Å². The molecule has 1 aromatic heterocycles. The van der Waals surface area contributed by atoms with Crippen LogP contribution in [-0.4, -0.2) is 23.1 Å². The molecule has 1 N–H and O–H groups in total. The maximum atomic E-state index is 4.73. The second kappa shape index (κ2) is 6.80. The van der Waals surface area contributed by atoms with Crippen LogP contribution in [-0.2, 0) is 5.41 Å². The molecule has 0 aliphatic carbocycles. The number of nitrogens with one attached hydrogen (secondary N) is 1. The van der Waals surface area contributed by atoms with Crippen molar-refractivity contribution in [2.75, 3.05) is 23.3 Å². The molecule has 0 atom stereocenters. The Kier molecular flexibility index (Phi) is 4.74. The quantitative estimate of drug-likeness (QED) is 0.879. The fourth-order valence-corrected chi connectivity index (χ4v) is 3.05. The Balaban J connectivity index is 1.78. The Labute approximate surface area is 145 Å². The summed E-state index contributed by atoms with van der Waals surface area (Å²) in [4.78, 5) is 11.6. The highest BCUT2D eigenvalue weighted by atomic mass is 15.3. The van der Waals surface area contributed by atoms with Gasteiger partial charge >= 0.3 is 0 Å². The number of hydrogen-bond acceptors (Lipinski definition) is 4. The van der Waals surface area contributed by atoms with Crippen molar-refractivity contribution >= 4 is 17.5 Å². The van der Waals surface area contributed by atoms with Crippen LogP contribution in [0.25, 0.3) is 0 Å². The molecule has 0 saturated carbocycles. The Hall–Kier alpha value is -2.10. The summed E-state index contributed by atoms with van der Waals surface area (Å²) in [6.07, 6.45) is 3.77. The molecule has 0 bridgehead atoms. The second-order valence-electron chi connectivity index (χ2n) is 7.69. The Morgan fingerprint density at radius 3 is 2.25 bits per heavy atom. The van der Waals surface area contributed by atoms with E-state index in [9.17, 15) is 0 Å². The van der Waals surface area contributed by atoms with Crippen LogP contribution in [0.3, 0.4) is 0 Å². The van der Waals surface area contributed by atoms with E-state index < -0.39 is 0 Å². The smallest absolute Gasteiger partial charge is 0.227 e. The highest BCUT2D eigenvalue weighted by Crippen LogP contribution is 2.25. The van der Waals surface area contributed by atoms with E-state index >= 15 is 0 Å². The predicted molar refractivity (Wildman–Crippen MR) is 101 cm³/mol. The molecule has 4 heteroatoms. The molecule has 4 nitrogen and oxygen atoms in total. The molecule has 0 amide bonds. The summed E-state index contributed by atoms with van der Waals surface area (Å²) >= 11 is 0. The summed E-state index contributed by atoms with van der Waals surface area (Å²) in [5.41, 5.74) is 3.57. The summed E-state index contributed by atoms with van der Waals surface area (Å²) in [7, 11) is 0. The molecule has 1 aliphatic heterocycles. The number of piperidine rings is 1. The Bertz CT molecular complexity index is 680. The standard InChI is InChI=1S/C20H28N4/c1-15-14-18(23-19(21-15)24-12-6-5-7-13-24)22-17-10-8-16(9-11-17)20(2,3)4/h8-11,14H,5-7,12-13H2,1-4H3,(H,21,22,23). The summed E-state index contributed by atoms with van der Waals surface area (Å²) in [5, 5.41) is 3.43. The van der Waals surface area contributed by atoms with Crippen LogP contribution in [0.2, 0.25) is 0 Å². The van der Waals surface area contributed by atoms with Crippen LogP contribution in [0.5, 0.6) is 0 Å². The van der Waals surface area contributed by atoms with Gasteiger partial charge < -0.3 is 10.2 Å². The SMILES string of the molecule is Cc1cc(Nc2ccc(C(C)(C)C)cc2)nc(N2CCCCC2)n1.